The highest BCUT2D eigenvalue weighted by Gasteiger charge is 2.24. The SMILES string of the molecule is NC1CCCc2c(Br)nc(-c3cccnc3)n21. The highest BCUT2D eigenvalue weighted by molar-refractivity contribution is 9.10. The summed E-state index contributed by atoms with van der Waals surface area (Å²) in [4.78, 5) is 8.71. The van der Waals surface area contributed by atoms with Crippen molar-refractivity contribution >= 4 is 15.9 Å². The number of hydrogen-bond acceptors (Lipinski definition) is 3. The molecule has 0 aromatic carbocycles. The predicted molar refractivity (Wildman–Crippen MR) is 69.3 cm³/mol. The van der Waals surface area contributed by atoms with E-state index in [9.17, 15) is 0 Å². The zero-order valence-corrected chi connectivity index (χ0v) is 10.9. The Hall–Kier alpha value is -1.20. The summed E-state index contributed by atoms with van der Waals surface area (Å²) in [5, 5.41) is 0. The minimum absolute atomic E-state index is 0.0211. The number of halogens is 1. The van der Waals surface area contributed by atoms with Gasteiger partial charge in [0.15, 0.2) is 0 Å². The highest BCUT2D eigenvalue weighted by Crippen LogP contribution is 2.33. The molecule has 3 rings (SSSR count). The summed E-state index contributed by atoms with van der Waals surface area (Å²) >= 11 is 3.52. The molecular weight excluding hydrogens is 280 g/mol. The van der Waals surface area contributed by atoms with Gasteiger partial charge in [-0.25, -0.2) is 4.98 Å². The van der Waals surface area contributed by atoms with Crippen LogP contribution in [0.3, 0.4) is 0 Å². The molecule has 2 aromatic heterocycles. The molecule has 2 N–H and O–H groups in total. The van der Waals surface area contributed by atoms with E-state index in [1.54, 1.807) is 6.20 Å². The van der Waals surface area contributed by atoms with Gasteiger partial charge < -0.3 is 10.3 Å². The van der Waals surface area contributed by atoms with Crippen molar-refractivity contribution in [3.05, 3.63) is 34.8 Å². The first kappa shape index (κ1) is 10.9. The van der Waals surface area contributed by atoms with Crippen LogP contribution in [-0.2, 0) is 6.42 Å². The Morgan fingerprint density at radius 2 is 2.35 bits per heavy atom. The summed E-state index contributed by atoms with van der Waals surface area (Å²) in [6, 6.07) is 3.93. The smallest absolute Gasteiger partial charge is 0.144 e. The zero-order valence-electron chi connectivity index (χ0n) is 9.31. The number of hydrogen-bond donors (Lipinski definition) is 1. The van der Waals surface area contributed by atoms with Crippen LogP contribution < -0.4 is 5.73 Å². The van der Waals surface area contributed by atoms with E-state index in [4.69, 9.17) is 5.73 Å². The molecule has 2 aromatic rings. The molecule has 0 saturated carbocycles. The summed E-state index contributed by atoms with van der Waals surface area (Å²) in [7, 11) is 0. The Balaban J connectivity index is 2.18. The standard InChI is InChI=1S/C12H13BrN4/c13-11-9-4-1-5-10(14)17(9)12(16-11)8-3-2-6-15-7-8/h2-3,6-7,10H,1,4-5,14H2. The van der Waals surface area contributed by atoms with Crippen molar-refractivity contribution in [3.63, 3.8) is 0 Å². The Labute approximate surface area is 108 Å². The third-order valence-corrected chi connectivity index (χ3v) is 3.76. The second-order valence-electron chi connectivity index (χ2n) is 4.24. The van der Waals surface area contributed by atoms with Crippen LogP contribution >= 0.6 is 15.9 Å². The largest absolute Gasteiger partial charge is 0.311 e. The van der Waals surface area contributed by atoms with Gasteiger partial charge in [0, 0.05) is 18.0 Å². The lowest BCUT2D eigenvalue weighted by Crippen LogP contribution is -2.25. The van der Waals surface area contributed by atoms with Gasteiger partial charge in [-0.1, -0.05) is 0 Å². The van der Waals surface area contributed by atoms with E-state index in [0.29, 0.717) is 0 Å². The van der Waals surface area contributed by atoms with Gasteiger partial charge in [0.25, 0.3) is 0 Å². The molecule has 1 aliphatic heterocycles. The average Bonchev–Trinajstić information content (AvgIpc) is 2.70. The van der Waals surface area contributed by atoms with Gasteiger partial charge in [-0.05, 0) is 47.3 Å². The van der Waals surface area contributed by atoms with Gasteiger partial charge in [-0.2, -0.15) is 0 Å². The lowest BCUT2D eigenvalue weighted by atomic mass is 10.1. The molecule has 0 spiro atoms. The van der Waals surface area contributed by atoms with Crippen molar-refractivity contribution in [2.75, 3.05) is 0 Å². The molecule has 0 saturated heterocycles. The fourth-order valence-corrected chi connectivity index (χ4v) is 2.88. The molecule has 0 fully saturated rings. The quantitative estimate of drug-likeness (QED) is 0.879. The topological polar surface area (TPSA) is 56.7 Å². The van der Waals surface area contributed by atoms with Crippen LogP contribution in [0.2, 0.25) is 0 Å². The van der Waals surface area contributed by atoms with Crippen molar-refractivity contribution in [2.24, 2.45) is 5.73 Å². The van der Waals surface area contributed by atoms with Gasteiger partial charge in [-0.15, -0.1) is 0 Å². The van der Waals surface area contributed by atoms with E-state index in [-0.39, 0.29) is 6.17 Å². The maximum absolute atomic E-state index is 6.18. The first-order valence-corrected chi connectivity index (χ1v) is 6.49. The van der Waals surface area contributed by atoms with Gasteiger partial charge in [0.1, 0.15) is 10.4 Å². The number of nitrogens with two attached hydrogens (primary N) is 1. The van der Waals surface area contributed by atoms with Gasteiger partial charge >= 0.3 is 0 Å². The van der Waals surface area contributed by atoms with E-state index >= 15 is 0 Å². The van der Waals surface area contributed by atoms with Crippen molar-refractivity contribution in [3.8, 4) is 11.4 Å². The Morgan fingerprint density at radius 3 is 3.12 bits per heavy atom. The maximum atomic E-state index is 6.18. The first-order chi connectivity index (χ1) is 8.27. The number of pyridine rings is 1. The Kier molecular flexibility index (Phi) is 2.72. The molecule has 1 unspecified atom stereocenters. The molecule has 88 valence electrons. The molecule has 1 atom stereocenters. The summed E-state index contributed by atoms with van der Waals surface area (Å²) < 4.78 is 3.04. The van der Waals surface area contributed by atoms with E-state index < -0.39 is 0 Å². The molecule has 0 radical (unpaired) electrons. The third-order valence-electron chi connectivity index (χ3n) is 3.13. The molecule has 0 amide bonds. The van der Waals surface area contributed by atoms with E-state index in [1.807, 2.05) is 18.3 Å². The Bertz CT molecular complexity index is 535. The Morgan fingerprint density at radius 1 is 1.47 bits per heavy atom. The number of fused-ring (bicyclic) bond motifs is 1. The molecule has 0 aliphatic carbocycles. The average molecular weight is 293 g/mol. The van der Waals surface area contributed by atoms with Crippen molar-refractivity contribution in [2.45, 2.75) is 25.4 Å². The number of imidazole rings is 1. The van der Waals surface area contributed by atoms with Gasteiger partial charge in [0.2, 0.25) is 0 Å². The highest BCUT2D eigenvalue weighted by atomic mass is 79.9. The predicted octanol–water partition coefficient (Wildman–Crippen LogP) is 2.50. The first-order valence-electron chi connectivity index (χ1n) is 5.70. The van der Waals surface area contributed by atoms with Crippen LogP contribution in [0.25, 0.3) is 11.4 Å². The lowest BCUT2D eigenvalue weighted by molar-refractivity contribution is 0.417. The molecule has 1 aliphatic rings. The second kappa shape index (κ2) is 4.23. The van der Waals surface area contributed by atoms with Gasteiger partial charge in [0.05, 0.1) is 11.9 Å². The number of nitrogens with zero attached hydrogens (tertiary/aromatic N) is 3. The van der Waals surface area contributed by atoms with E-state index in [0.717, 1.165) is 35.3 Å². The minimum Gasteiger partial charge on any atom is -0.311 e. The number of rotatable bonds is 1. The summed E-state index contributed by atoms with van der Waals surface area (Å²) in [6.45, 7) is 0. The molecule has 0 bridgehead atoms. The molecular formula is C12H13BrN4. The fraction of sp³-hybridized carbons (Fsp3) is 0.333. The normalized spacial score (nSPS) is 19.1. The van der Waals surface area contributed by atoms with Crippen LogP contribution in [0.5, 0.6) is 0 Å². The minimum atomic E-state index is 0.0211. The van der Waals surface area contributed by atoms with Crippen LogP contribution in [0.15, 0.2) is 29.1 Å². The summed E-state index contributed by atoms with van der Waals surface area (Å²) in [5.41, 5.74) is 8.39. The van der Waals surface area contributed by atoms with Crippen LogP contribution in [0.1, 0.15) is 24.7 Å². The molecule has 5 heteroatoms. The van der Waals surface area contributed by atoms with Crippen LogP contribution in [0, 0.1) is 0 Å². The lowest BCUT2D eigenvalue weighted by Gasteiger charge is -2.23. The third kappa shape index (κ3) is 1.79. The van der Waals surface area contributed by atoms with Crippen LogP contribution in [-0.4, -0.2) is 14.5 Å². The van der Waals surface area contributed by atoms with Crippen molar-refractivity contribution in [1.29, 1.82) is 0 Å². The summed E-state index contributed by atoms with van der Waals surface area (Å²) in [5.74, 6) is 0.909. The van der Waals surface area contributed by atoms with Crippen molar-refractivity contribution < 1.29 is 0 Å². The molecule has 4 nitrogen and oxygen atoms in total. The summed E-state index contributed by atoms with van der Waals surface area (Å²) in [6.07, 6.45) is 6.76. The maximum Gasteiger partial charge on any atom is 0.144 e. The van der Waals surface area contributed by atoms with Gasteiger partial charge in [-0.3, -0.25) is 4.98 Å². The monoisotopic (exact) mass is 292 g/mol. The van der Waals surface area contributed by atoms with Crippen molar-refractivity contribution in [1.82, 2.24) is 14.5 Å². The van der Waals surface area contributed by atoms with Crippen LogP contribution in [0.4, 0.5) is 0 Å². The zero-order chi connectivity index (χ0) is 11.8. The molecule has 17 heavy (non-hydrogen) atoms. The van der Waals surface area contributed by atoms with E-state index in [1.165, 1.54) is 5.69 Å². The fourth-order valence-electron chi connectivity index (χ4n) is 2.33. The van der Waals surface area contributed by atoms with E-state index in [2.05, 4.69) is 30.5 Å². The molecule has 3 heterocycles. The second-order valence-corrected chi connectivity index (χ2v) is 5.00. The number of aromatic nitrogens is 3.